The minimum absolute atomic E-state index is 0.763. The number of piperazine rings is 1. The van der Waals surface area contributed by atoms with E-state index in [0.717, 1.165) is 75.7 Å². The van der Waals surface area contributed by atoms with Gasteiger partial charge in [0.1, 0.15) is 0 Å². The zero-order valence-electron chi connectivity index (χ0n) is 14.9. The Morgan fingerprint density at radius 1 is 0.769 bits per heavy atom. The van der Waals surface area contributed by atoms with Crippen LogP contribution in [-0.4, -0.2) is 67.6 Å². The molecule has 0 unspecified atom stereocenters. The number of rotatable bonds is 4. The second-order valence-corrected chi connectivity index (χ2v) is 7.18. The largest absolute Gasteiger partial charge is 0.378 e. The maximum Gasteiger partial charge on any atom is 0.151 e. The summed E-state index contributed by atoms with van der Waals surface area (Å²) in [6, 6.07) is 12.3. The van der Waals surface area contributed by atoms with E-state index in [9.17, 15) is 0 Å². The zero-order chi connectivity index (χ0) is 17.8. The standard InChI is InChI=1S/C19H24ClN5O/c20-17-3-1-16(2-4-17)15-23-7-9-24(10-8-23)18-5-6-19(22-21-18)25-11-13-26-14-12-25/h1-6H,7-15H2. The van der Waals surface area contributed by atoms with E-state index in [1.54, 1.807) is 0 Å². The zero-order valence-corrected chi connectivity index (χ0v) is 15.6. The fourth-order valence-corrected chi connectivity index (χ4v) is 3.56. The van der Waals surface area contributed by atoms with Gasteiger partial charge in [-0.1, -0.05) is 23.7 Å². The molecule has 0 atom stereocenters. The summed E-state index contributed by atoms with van der Waals surface area (Å²) in [5.74, 6) is 1.91. The highest BCUT2D eigenvalue weighted by Crippen LogP contribution is 2.18. The Bertz CT molecular complexity index is 695. The molecule has 1 aromatic heterocycles. The summed E-state index contributed by atoms with van der Waals surface area (Å²) >= 11 is 5.96. The van der Waals surface area contributed by atoms with Crippen molar-refractivity contribution in [2.24, 2.45) is 0 Å². The van der Waals surface area contributed by atoms with Crippen LogP contribution in [0, 0.1) is 0 Å². The van der Waals surface area contributed by atoms with Gasteiger partial charge in [0.25, 0.3) is 0 Å². The fraction of sp³-hybridized carbons (Fsp3) is 0.474. The Balaban J connectivity index is 1.30. The lowest BCUT2D eigenvalue weighted by molar-refractivity contribution is 0.122. The molecule has 1 aromatic carbocycles. The van der Waals surface area contributed by atoms with Gasteiger partial charge >= 0.3 is 0 Å². The molecule has 2 aliphatic heterocycles. The Labute approximate surface area is 159 Å². The van der Waals surface area contributed by atoms with Crippen LogP contribution in [0.2, 0.25) is 5.02 Å². The third-order valence-electron chi connectivity index (χ3n) is 4.99. The average molecular weight is 374 g/mol. The highest BCUT2D eigenvalue weighted by atomic mass is 35.5. The van der Waals surface area contributed by atoms with E-state index in [2.05, 4.69) is 49.2 Å². The van der Waals surface area contributed by atoms with Crippen LogP contribution in [0.4, 0.5) is 11.6 Å². The number of ether oxygens (including phenoxy) is 1. The first-order chi connectivity index (χ1) is 12.8. The number of aromatic nitrogens is 2. The summed E-state index contributed by atoms with van der Waals surface area (Å²) in [5, 5.41) is 9.67. The van der Waals surface area contributed by atoms with Crippen LogP contribution in [0.3, 0.4) is 0 Å². The first-order valence-corrected chi connectivity index (χ1v) is 9.54. The monoisotopic (exact) mass is 373 g/mol. The van der Waals surface area contributed by atoms with Crippen molar-refractivity contribution in [2.45, 2.75) is 6.54 Å². The average Bonchev–Trinajstić information content (AvgIpc) is 2.71. The van der Waals surface area contributed by atoms with Crippen LogP contribution in [0.15, 0.2) is 36.4 Å². The summed E-state index contributed by atoms with van der Waals surface area (Å²) in [6.07, 6.45) is 0. The first-order valence-electron chi connectivity index (χ1n) is 9.16. The van der Waals surface area contributed by atoms with Crippen molar-refractivity contribution in [1.29, 1.82) is 0 Å². The van der Waals surface area contributed by atoms with Gasteiger partial charge in [0.15, 0.2) is 11.6 Å². The van der Waals surface area contributed by atoms with E-state index in [4.69, 9.17) is 16.3 Å². The van der Waals surface area contributed by atoms with Gasteiger partial charge in [-0.25, -0.2) is 0 Å². The minimum atomic E-state index is 0.763. The molecule has 26 heavy (non-hydrogen) atoms. The maximum atomic E-state index is 5.96. The van der Waals surface area contributed by atoms with E-state index in [1.165, 1.54) is 5.56 Å². The molecule has 7 heteroatoms. The summed E-state index contributed by atoms with van der Waals surface area (Å²) in [4.78, 5) is 7.01. The lowest BCUT2D eigenvalue weighted by Gasteiger charge is -2.35. The molecule has 0 saturated carbocycles. The van der Waals surface area contributed by atoms with Crippen molar-refractivity contribution in [2.75, 3.05) is 62.3 Å². The maximum absolute atomic E-state index is 5.96. The third-order valence-corrected chi connectivity index (χ3v) is 5.24. The Morgan fingerprint density at radius 3 is 1.92 bits per heavy atom. The van der Waals surface area contributed by atoms with Crippen LogP contribution < -0.4 is 9.80 Å². The molecular weight excluding hydrogens is 350 g/mol. The van der Waals surface area contributed by atoms with Gasteiger partial charge in [-0.05, 0) is 29.8 Å². The molecule has 4 rings (SSSR count). The molecule has 0 N–H and O–H groups in total. The second-order valence-electron chi connectivity index (χ2n) is 6.74. The predicted octanol–water partition coefficient (Wildman–Crippen LogP) is 2.29. The van der Waals surface area contributed by atoms with Crippen molar-refractivity contribution in [1.82, 2.24) is 15.1 Å². The molecule has 2 saturated heterocycles. The van der Waals surface area contributed by atoms with Crippen LogP contribution in [0.25, 0.3) is 0 Å². The normalized spacial score (nSPS) is 19.0. The Hall–Kier alpha value is -1.89. The number of benzene rings is 1. The SMILES string of the molecule is Clc1ccc(CN2CCN(c3ccc(N4CCOCC4)nn3)CC2)cc1. The predicted molar refractivity (Wildman–Crippen MR) is 104 cm³/mol. The van der Waals surface area contributed by atoms with E-state index >= 15 is 0 Å². The third kappa shape index (κ3) is 4.26. The molecule has 3 heterocycles. The van der Waals surface area contributed by atoms with Gasteiger partial charge in [-0.3, -0.25) is 4.90 Å². The molecule has 2 fully saturated rings. The Morgan fingerprint density at radius 2 is 1.35 bits per heavy atom. The fourth-order valence-electron chi connectivity index (χ4n) is 3.43. The van der Waals surface area contributed by atoms with E-state index in [0.29, 0.717) is 0 Å². The van der Waals surface area contributed by atoms with Crippen LogP contribution in [-0.2, 0) is 11.3 Å². The van der Waals surface area contributed by atoms with Crippen LogP contribution in [0.1, 0.15) is 5.56 Å². The van der Waals surface area contributed by atoms with Crippen LogP contribution in [0.5, 0.6) is 0 Å². The Kier molecular flexibility index (Phi) is 5.53. The summed E-state index contributed by atoms with van der Waals surface area (Å²) < 4.78 is 5.39. The van der Waals surface area contributed by atoms with Gasteiger partial charge in [-0.2, -0.15) is 0 Å². The first kappa shape index (κ1) is 17.5. The number of halogens is 1. The molecule has 0 radical (unpaired) electrons. The van der Waals surface area contributed by atoms with Crippen molar-refractivity contribution >= 4 is 23.2 Å². The second kappa shape index (κ2) is 8.20. The molecule has 0 bridgehead atoms. The lowest BCUT2D eigenvalue weighted by Crippen LogP contribution is -2.46. The highest BCUT2D eigenvalue weighted by molar-refractivity contribution is 6.30. The molecule has 0 aliphatic carbocycles. The smallest absolute Gasteiger partial charge is 0.151 e. The van der Waals surface area contributed by atoms with Crippen molar-refractivity contribution < 1.29 is 4.74 Å². The van der Waals surface area contributed by atoms with E-state index < -0.39 is 0 Å². The van der Waals surface area contributed by atoms with Crippen molar-refractivity contribution in [3.8, 4) is 0 Å². The number of nitrogens with zero attached hydrogens (tertiary/aromatic N) is 5. The van der Waals surface area contributed by atoms with Gasteiger partial charge in [0.2, 0.25) is 0 Å². The highest BCUT2D eigenvalue weighted by Gasteiger charge is 2.19. The molecule has 2 aromatic rings. The molecule has 0 spiro atoms. The van der Waals surface area contributed by atoms with Gasteiger partial charge in [-0.15, -0.1) is 10.2 Å². The number of hydrogen-bond acceptors (Lipinski definition) is 6. The molecule has 138 valence electrons. The van der Waals surface area contributed by atoms with Crippen molar-refractivity contribution in [3.63, 3.8) is 0 Å². The van der Waals surface area contributed by atoms with Crippen LogP contribution >= 0.6 is 11.6 Å². The van der Waals surface area contributed by atoms with Crippen molar-refractivity contribution in [3.05, 3.63) is 47.0 Å². The number of anilines is 2. The topological polar surface area (TPSA) is 44.7 Å². The quantitative estimate of drug-likeness (QED) is 0.819. The van der Waals surface area contributed by atoms with Gasteiger partial charge < -0.3 is 14.5 Å². The summed E-state index contributed by atoms with van der Waals surface area (Å²) in [7, 11) is 0. The minimum Gasteiger partial charge on any atom is -0.378 e. The van der Waals surface area contributed by atoms with E-state index in [-0.39, 0.29) is 0 Å². The summed E-state index contributed by atoms with van der Waals surface area (Å²) in [5.41, 5.74) is 1.30. The number of morpholine rings is 1. The van der Waals surface area contributed by atoms with Gasteiger partial charge in [0.05, 0.1) is 13.2 Å². The number of hydrogen-bond donors (Lipinski definition) is 0. The van der Waals surface area contributed by atoms with E-state index in [1.807, 2.05) is 12.1 Å². The molecule has 0 amide bonds. The molecule has 6 nitrogen and oxygen atoms in total. The summed E-state index contributed by atoms with van der Waals surface area (Å²) in [6.45, 7) is 8.25. The molecular formula is C19H24ClN5O. The lowest BCUT2D eigenvalue weighted by atomic mass is 10.2. The van der Waals surface area contributed by atoms with Gasteiger partial charge in [0, 0.05) is 50.8 Å². The molecule has 2 aliphatic rings.